The number of rotatable bonds is 5. The molecule has 1 aromatic heterocycles. The number of sulfonamides is 1. The number of nitrogens with zero attached hydrogens (tertiary/aromatic N) is 5. The highest BCUT2D eigenvalue weighted by molar-refractivity contribution is 7.92. The summed E-state index contributed by atoms with van der Waals surface area (Å²) in [7, 11) is -4.40. The predicted molar refractivity (Wildman–Crippen MR) is 173 cm³/mol. The zero-order valence-corrected chi connectivity index (χ0v) is 26.8. The molecule has 6 rings (SSSR count). The van der Waals surface area contributed by atoms with Crippen LogP contribution in [0.25, 0.3) is 0 Å². The highest BCUT2D eigenvalue weighted by Gasteiger charge is 2.48. The van der Waals surface area contributed by atoms with Gasteiger partial charge in [-0.3, -0.25) is 19.0 Å². The normalized spacial score (nSPS) is 17.8. The second-order valence-electron chi connectivity index (χ2n) is 11.0. The Morgan fingerprint density at radius 3 is 1.93 bits per heavy atom. The molecular weight excluding hydrogens is 649 g/mol. The molecule has 0 N–H and O–H groups in total. The van der Waals surface area contributed by atoms with Gasteiger partial charge in [0.15, 0.2) is 0 Å². The minimum absolute atomic E-state index is 0.0465. The van der Waals surface area contributed by atoms with Crippen molar-refractivity contribution < 1.29 is 18.0 Å². The first-order valence-electron chi connectivity index (χ1n) is 14.4. The molecule has 2 aliphatic rings. The van der Waals surface area contributed by atoms with Gasteiger partial charge in [-0.15, -0.1) is 0 Å². The Balaban J connectivity index is 1.57. The molecule has 3 heterocycles. The van der Waals surface area contributed by atoms with Crippen LogP contribution < -0.4 is 9.86 Å². The van der Waals surface area contributed by atoms with Gasteiger partial charge in [-0.05, 0) is 65.7 Å². The Morgan fingerprint density at radius 1 is 0.804 bits per heavy atom. The number of halogens is 2. The fraction of sp³-hybridized carbons (Fsp3) is 0.212. The van der Waals surface area contributed by atoms with Crippen LogP contribution in [0.1, 0.15) is 46.1 Å². The van der Waals surface area contributed by atoms with E-state index in [4.69, 9.17) is 23.2 Å². The molecule has 0 saturated carbocycles. The summed E-state index contributed by atoms with van der Waals surface area (Å²) in [6.07, 6.45) is 0. The van der Waals surface area contributed by atoms with E-state index in [2.05, 4.69) is 0 Å². The Labute approximate surface area is 275 Å². The number of aromatic nitrogens is 1. The molecule has 46 heavy (non-hydrogen) atoms. The number of carbonyl (C=O) groups excluding carboxylic acids is 2. The molecular formula is C33H27Cl2N5O5S. The van der Waals surface area contributed by atoms with Gasteiger partial charge < -0.3 is 9.80 Å². The van der Waals surface area contributed by atoms with Gasteiger partial charge in [-0.2, -0.15) is 5.26 Å². The number of carbonyl (C=O) groups is 2. The summed E-state index contributed by atoms with van der Waals surface area (Å²) in [4.78, 5) is 43.0. The number of nitriles is 1. The van der Waals surface area contributed by atoms with Crippen molar-refractivity contribution in [1.29, 1.82) is 5.26 Å². The molecule has 13 heteroatoms. The van der Waals surface area contributed by atoms with Crippen LogP contribution in [0.15, 0.2) is 94.6 Å². The molecule has 234 valence electrons. The van der Waals surface area contributed by atoms with Crippen molar-refractivity contribution in [1.82, 2.24) is 14.4 Å². The highest BCUT2D eigenvalue weighted by Crippen LogP contribution is 2.49. The van der Waals surface area contributed by atoms with Crippen molar-refractivity contribution in [3.63, 3.8) is 0 Å². The van der Waals surface area contributed by atoms with Crippen molar-refractivity contribution in [3.05, 3.63) is 128 Å². The summed E-state index contributed by atoms with van der Waals surface area (Å²) in [5.41, 5.74) is 0.482. The minimum Gasteiger partial charge on any atom is -0.339 e. The van der Waals surface area contributed by atoms with E-state index in [0.29, 0.717) is 34.3 Å². The summed E-state index contributed by atoms with van der Waals surface area (Å²) in [5, 5.41) is 10.4. The van der Waals surface area contributed by atoms with Crippen LogP contribution in [0.2, 0.25) is 10.0 Å². The molecule has 3 aromatic carbocycles. The number of hydrogen-bond donors (Lipinski definition) is 0. The maximum atomic E-state index is 14.6. The third-order valence-corrected chi connectivity index (χ3v) is 10.6. The maximum Gasteiger partial charge on any atom is 0.266 e. The van der Waals surface area contributed by atoms with Crippen LogP contribution in [0.5, 0.6) is 0 Å². The maximum absolute atomic E-state index is 14.6. The van der Waals surface area contributed by atoms with Crippen molar-refractivity contribution in [2.45, 2.75) is 23.9 Å². The van der Waals surface area contributed by atoms with Gasteiger partial charge in [-0.25, -0.2) is 12.7 Å². The van der Waals surface area contributed by atoms with Crippen LogP contribution in [-0.2, 0) is 14.8 Å². The van der Waals surface area contributed by atoms with E-state index in [0.717, 1.165) is 0 Å². The number of amides is 2. The third-order valence-electron chi connectivity index (χ3n) is 8.34. The highest BCUT2D eigenvalue weighted by atomic mass is 35.5. The number of hydrogen-bond acceptors (Lipinski definition) is 6. The second-order valence-corrected chi connectivity index (χ2v) is 13.7. The van der Waals surface area contributed by atoms with Crippen LogP contribution >= 0.6 is 23.2 Å². The van der Waals surface area contributed by atoms with E-state index in [9.17, 15) is 28.1 Å². The lowest BCUT2D eigenvalue weighted by Gasteiger charge is -2.34. The summed E-state index contributed by atoms with van der Waals surface area (Å²) in [5.74, 6) is -0.556. The lowest BCUT2D eigenvalue weighted by Crippen LogP contribution is -2.51. The zero-order chi connectivity index (χ0) is 32.7. The molecule has 10 nitrogen and oxygen atoms in total. The van der Waals surface area contributed by atoms with E-state index in [-0.39, 0.29) is 40.8 Å². The van der Waals surface area contributed by atoms with E-state index in [1.54, 1.807) is 53.4 Å². The summed E-state index contributed by atoms with van der Waals surface area (Å²) in [6, 6.07) is 21.9. The second kappa shape index (κ2) is 12.3. The number of pyridine rings is 1. The fourth-order valence-electron chi connectivity index (χ4n) is 6.04. The van der Waals surface area contributed by atoms with Crippen LogP contribution in [0.3, 0.4) is 0 Å². The number of anilines is 1. The molecule has 0 spiro atoms. The van der Waals surface area contributed by atoms with Gasteiger partial charge in [0.1, 0.15) is 11.4 Å². The average Bonchev–Trinajstić information content (AvgIpc) is 3.42. The fourth-order valence-corrected chi connectivity index (χ4v) is 7.98. The van der Waals surface area contributed by atoms with Crippen molar-refractivity contribution in [2.24, 2.45) is 0 Å². The molecule has 1 saturated heterocycles. The smallest absolute Gasteiger partial charge is 0.266 e. The molecule has 2 atom stereocenters. The molecule has 2 amide bonds. The summed E-state index contributed by atoms with van der Waals surface area (Å²) < 4.78 is 31.6. The third kappa shape index (κ3) is 5.53. The topological polar surface area (TPSA) is 124 Å². The first kappa shape index (κ1) is 31.4. The van der Waals surface area contributed by atoms with Crippen molar-refractivity contribution >= 4 is 50.9 Å². The Hall–Kier alpha value is -4.63. The van der Waals surface area contributed by atoms with Gasteiger partial charge in [0.25, 0.3) is 21.5 Å². The van der Waals surface area contributed by atoms with Crippen molar-refractivity contribution in [2.75, 3.05) is 30.5 Å². The lowest BCUT2D eigenvalue weighted by atomic mass is 9.94. The van der Waals surface area contributed by atoms with E-state index < -0.39 is 33.6 Å². The van der Waals surface area contributed by atoms with Crippen LogP contribution in [-0.4, -0.2) is 60.8 Å². The Morgan fingerprint density at radius 2 is 1.37 bits per heavy atom. The molecule has 0 bridgehead atoms. The molecule has 0 aliphatic carbocycles. The van der Waals surface area contributed by atoms with Crippen LogP contribution in [0.4, 0.5) is 5.82 Å². The first-order chi connectivity index (χ1) is 22.0. The number of piperazine rings is 1. The summed E-state index contributed by atoms with van der Waals surface area (Å²) in [6.45, 7) is 2.65. The van der Waals surface area contributed by atoms with Gasteiger partial charge >= 0.3 is 0 Å². The number of benzene rings is 3. The predicted octanol–water partition coefficient (Wildman–Crippen LogP) is 4.87. The van der Waals surface area contributed by atoms with Gasteiger partial charge in [0.05, 0.1) is 28.6 Å². The van der Waals surface area contributed by atoms with Crippen LogP contribution in [0, 0.1) is 11.3 Å². The zero-order valence-electron chi connectivity index (χ0n) is 24.5. The number of fused-ring (bicyclic) bond motifs is 1. The molecule has 0 radical (unpaired) electrons. The lowest BCUT2D eigenvalue weighted by molar-refractivity contribution is -0.130. The molecule has 2 aliphatic heterocycles. The van der Waals surface area contributed by atoms with E-state index in [1.807, 2.05) is 6.07 Å². The van der Waals surface area contributed by atoms with E-state index >= 15 is 0 Å². The molecule has 2 unspecified atom stereocenters. The minimum atomic E-state index is -4.40. The van der Waals surface area contributed by atoms with Gasteiger partial charge in [-0.1, -0.05) is 53.5 Å². The SMILES string of the molecule is CC(=O)N1CCN(C(=O)c2ccc3n(c2=O)C(c2ccc(Cl)cc2)C(c2ccc(Cl)cc2)N3S(=O)(=O)c2cccc(C#N)c2)CC1. The standard InChI is InChI=1S/C33H27Cl2N5O5S/c1-21(41)37-15-17-38(18-16-37)32(42)28-13-14-29-39(33(28)43)30(23-5-9-25(34)10-6-23)31(24-7-11-26(35)12-8-24)40(29)46(44,45)27-4-2-3-22(19-27)20-36/h2-14,19,30-31H,15-18H2,1H3. The first-order valence-corrected chi connectivity index (χ1v) is 16.6. The molecule has 1 fully saturated rings. The Bertz CT molecular complexity index is 2050. The Kier molecular flexibility index (Phi) is 8.37. The van der Waals surface area contributed by atoms with E-state index in [1.165, 1.54) is 57.1 Å². The monoisotopic (exact) mass is 675 g/mol. The summed E-state index contributed by atoms with van der Waals surface area (Å²) >= 11 is 12.4. The van der Waals surface area contributed by atoms with Gasteiger partial charge in [0, 0.05) is 43.1 Å². The quantitative estimate of drug-likeness (QED) is 0.297. The average molecular weight is 677 g/mol. The molecule has 4 aromatic rings. The largest absolute Gasteiger partial charge is 0.339 e. The van der Waals surface area contributed by atoms with Crippen molar-refractivity contribution in [3.8, 4) is 6.07 Å². The van der Waals surface area contributed by atoms with Gasteiger partial charge in [0.2, 0.25) is 5.91 Å².